The number of sulfone groups is 1. The minimum absolute atomic E-state index is 0. The zero-order valence-electron chi connectivity index (χ0n) is 15.1. The molecule has 0 atom stereocenters. The molecule has 6 nitrogen and oxygen atoms in total. The van der Waals surface area contributed by atoms with Crippen LogP contribution >= 0.6 is 12.4 Å². The van der Waals surface area contributed by atoms with E-state index in [4.69, 9.17) is 0 Å². The van der Waals surface area contributed by atoms with Crippen molar-refractivity contribution < 1.29 is 13.2 Å². The molecule has 26 heavy (non-hydrogen) atoms. The summed E-state index contributed by atoms with van der Waals surface area (Å²) in [6.07, 6.45) is 4.43. The molecule has 0 spiro atoms. The largest absolute Gasteiger partial charge is 0.361 e. The van der Waals surface area contributed by atoms with Gasteiger partial charge in [-0.25, -0.2) is 8.42 Å². The summed E-state index contributed by atoms with van der Waals surface area (Å²) in [6.45, 7) is 3.57. The van der Waals surface area contributed by atoms with Crippen LogP contribution in [0, 0.1) is 6.92 Å². The third-order valence-corrected chi connectivity index (χ3v) is 7.22. The average molecular weight is 400 g/mol. The van der Waals surface area contributed by atoms with Crippen LogP contribution in [0.25, 0.3) is 10.9 Å². The fourth-order valence-electron chi connectivity index (χ4n) is 3.72. The van der Waals surface area contributed by atoms with Crippen molar-refractivity contribution in [2.75, 3.05) is 25.9 Å². The molecule has 0 bridgehead atoms. The number of amides is 1. The molecule has 8 heteroatoms. The lowest BCUT2D eigenvalue weighted by Crippen LogP contribution is -2.57. The number of halogens is 1. The lowest BCUT2D eigenvalue weighted by atomic mass is 9.95. The predicted octanol–water partition coefficient (Wildman–Crippen LogP) is 1.72. The number of aryl methyl sites for hydroxylation is 1. The van der Waals surface area contributed by atoms with Crippen LogP contribution in [-0.4, -0.2) is 49.9 Å². The van der Waals surface area contributed by atoms with Crippen molar-refractivity contribution in [3.63, 3.8) is 0 Å². The summed E-state index contributed by atoms with van der Waals surface area (Å²) in [5.74, 6) is -0.368. The van der Waals surface area contributed by atoms with Gasteiger partial charge in [0.25, 0.3) is 0 Å². The van der Waals surface area contributed by atoms with E-state index in [-0.39, 0.29) is 18.3 Å². The first-order valence-electron chi connectivity index (χ1n) is 8.59. The molecule has 0 radical (unpaired) electrons. The Hall–Kier alpha value is -1.57. The quantitative estimate of drug-likeness (QED) is 0.714. The molecule has 3 rings (SSSR count). The van der Waals surface area contributed by atoms with Gasteiger partial charge in [0.2, 0.25) is 5.91 Å². The van der Waals surface area contributed by atoms with E-state index in [0.717, 1.165) is 11.1 Å². The van der Waals surface area contributed by atoms with Crippen LogP contribution < -0.4 is 10.6 Å². The number of benzene rings is 1. The van der Waals surface area contributed by atoms with E-state index < -0.39 is 14.6 Å². The lowest BCUT2D eigenvalue weighted by Gasteiger charge is -2.34. The Morgan fingerprint density at radius 3 is 2.62 bits per heavy atom. The SMILES string of the molecule is Cc1cccc2[nH]cc(CCNC(=O)C3(S(C)(=O)=O)CCNCC3)c12.Cl. The van der Waals surface area contributed by atoms with Gasteiger partial charge in [0, 0.05) is 29.9 Å². The molecule has 2 heterocycles. The number of hydrogen-bond donors (Lipinski definition) is 3. The summed E-state index contributed by atoms with van der Waals surface area (Å²) >= 11 is 0. The molecule has 0 aliphatic carbocycles. The van der Waals surface area contributed by atoms with Gasteiger partial charge in [0.05, 0.1) is 0 Å². The van der Waals surface area contributed by atoms with E-state index in [0.29, 0.717) is 38.9 Å². The van der Waals surface area contributed by atoms with E-state index in [1.165, 1.54) is 17.2 Å². The fraction of sp³-hybridized carbons (Fsp3) is 0.500. The van der Waals surface area contributed by atoms with Crippen molar-refractivity contribution in [1.82, 2.24) is 15.6 Å². The highest BCUT2D eigenvalue weighted by Crippen LogP contribution is 2.28. The number of H-pyrrole nitrogens is 1. The van der Waals surface area contributed by atoms with Gasteiger partial charge in [0.1, 0.15) is 0 Å². The summed E-state index contributed by atoms with van der Waals surface area (Å²) in [7, 11) is -3.47. The molecule has 0 unspecified atom stereocenters. The molecule has 1 fully saturated rings. The molecule has 1 amide bonds. The van der Waals surface area contributed by atoms with Crippen molar-refractivity contribution in [2.24, 2.45) is 0 Å². The molecule has 1 aromatic carbocycles. The third-order valence-electron chi connectivity index (χ3n) is 5.21. The van der Waals surface area contributed by atoms with Gasteiger partial charge in [-0.2, -0.15) is 0 Å². The Bertz CT molecular complexity index is 886. The highest BCUT2D eigenvalue weighted by atomic mass is 35.5. The smallest absolute Gasteiger partial charge is 0.241 e. The summed E-state index contributed by atoms with van der Waals surface area (Å²) in [5.41, 5.74) is 3.39. The zero-order chi connectivity index (χ0) is 18.1. The molecule has 144 valence electrons. The molecule has 1 aromatic heterocycles. The highest BCUT2D eigenvalue weighted by Gasteiger charge is 2.48. The maximum atomic E-state index is 12.7. The van der Waals surface area contributed by atoms with Gasteiger partial charge in [-0.3, -0.25) is 4.79 Å². The number of aromatic amines is 1. The predicted molar refractivity (Wildman–Crippen MR) is 107 cm³/mol. The second-order valence-corrected chi connectivity index (χ2v) is 9.16. The fourth-order valence-corrected chi connectivity index (χ4v) is 5.07. The third kappa shape index (κ3) is 3.75. The molecule has 2 aromatic rings. The van der Waals surface area contributed by atoms with E-state index in [2.05, 4.69) is 28.6 Å². The van der Waals surface area contributed by atoms with Crippen molar-refractivity contribution in [3.8, 4) is 0 Å². The second kappa shape index (κ2) is 7.98. The maximum Gasteiger partial charge on any atom is 0.241 e. The first-order valence-corrected chi connectivity index (χ1v) is 10.5. The second-order valence-electron chi connectivity index (χ2n) is 6.83. The first-order chi connectivity index (χ1) is 11.8. The molecule has 1 saturated heterocycles. The van der Waals surface area contributed by atoms with Crippen LogP contribution in [0.4, 0.5) is 0 Å². The summed E-state index contributed by atoms with van der Waals surface area (Å²) in [5, 5.41) is 7.16. The molecule has 1 aliphatic rings. The molecular formula is C18H26ClN3O3S. The zero-order valence-corrected chi connectivity index (χ0v) is 16.7. The Labute approximate surface area is 160 Å². The summed E-state index contributed by atoms with van der Waals surface area (Å²) in [6, 6.07) is 6.09. The van der Waals surface area contributed by atoms with Crippen LogP contribution in [0.5, 0.6) is 0 Å². The Balaban J connectivity index is 0.00000243. The monoisotopic (exact) mass is 399 g/mol. The number of nitrogens with one attached hydrogen (secondary N) is 3. The molecular weight excluding hydrogens is 374 g/mol. The minimum Gasteiger partial charge on any atom is -0.361 e. The van der Waals surface area contributed by atoms with Gasteiger partial charge in [-0.1, -0.05) is 12.1 Å². The van der Waals surface area contributed by atoms with Gasteiger partial charge < -0.3 is 15.6 Å². The average Bonchev–Trinajstić information content (AvgIpc) is 2.99. The van der Waals surface area contributed by atoms with E-state index in [1.54, 1.807) is 0 Å². The number of aromatic nitrogens is 1. The number of rotatable bonds is 5. The highest BCUT2D eigenvalue weighted by molar-refractivity contribution is 7.92. The van der Waals surface area contributed by atoms with Gasteiger partial charge in [-0.15, -0.1) is 12.4 Å². The van der Waals surface area contributed by atoms with Gasteiger partial charge in [0.15, 0.2) is 14.6 Å². The van der Waals surface area contributed by atoms with Crippen LogP contribution in [0.1, 0.15) is 24.0 Å². The van der Waals surface area contributed by atoms with Crippen molar-refractivity contribution >= 4 is 39.1 Å². The Morgan fingerprint density at radius 1 is 1.27 bits per heavy atom. The number of carbonyl (C=O) groups excluding carboxylic acids is 1. The van der Waals surface area contributed by atoms with E-state index >= 15 is 0 Å². The lowest BCUT2D eigenvalue weighted by molar-refractivity contribution is -0.124. The van der Waals surface area contributed by atoms with Gasteiger partial charge >= 0.3 is 0 Å². The number of carbonyl (C=O) groups is 1. The minimum atomic E-state index is -3.47. The van der Waals surface area contributed by atoms with Crippen molar-refractivity contribution in [1.29, 1.82) is 0 Å². The molecule has 0 saturated carbocycles. The van der Waals surface area contributed by atoms with Crippen LogP contribution in [0.2, 0.25) is 0 Å². The summed E-state index contributed by atoms with van der Waals surface area (Å²) in [4.78, 5) is 15.9. The van der Waals surface area contributed by atoms with Crippen molar-refractivity contribution in [2.45, 2.75) is 30.9 Å². The number of fused-ring (bicyclic) bond motifs is 1. The Kier molecular flexibility index (Phi) is 6.37. The van der Waals surface area contributed by atoms with E-state index in [1.807, 2.05) is 18.3 Å². The Morgan fingerprint density at radius 2 is 1.96 bits per heavy atom. The van der Waals surface area contributed by atoms with Crippen LogP contribution in [0.15, 0.2) is 24.4 Å². The van der Waals surface area contributed by atoms with Crippen LogP contribution in [-0.2, 0) is 21.1 Å². The molecule has 1 aliphatic heterocycles. The topological polar surface area (TPSA) is 91.1 Å². The van der Waals surface area contributed by atoms with Gasteiger partial charge in [-0.05, 0) is 56.5 Å². The van der Waals surface area contributed by atoms with E-state index in [9.17, 15) is 13.2 Å². The first kappa shape index (κ1) is 20.7. The molecule has 3 N–H and O–H groups in total. The van der Waals surface area contributed by atoms with Crippen molar-refractivity contribution in [3.05, 3.63) is 35.5 Å². The normalized spacial score (nSPS) is 16.8. The standard InChI is InChI=1S/C18H25N3O3S.ClH/c1-13-4-3-5-15-16(13)14(12-21-15)6-9-20-17(22)18(25(2,23)24)7-10-19-11-8-18;/h3-5,12,19,21H,6-11H2,1-2H3,(H,20,22);1H. The van der Waals surface area contributed by atoms with Crippen LogP contribution in [0.3, 0.4) is 0 Å². The summed E-state index contributed by atoms with van der Waals surface area (Å²) < 4.78 is 23.2. The maximum absolute atomic E-state index is 12.7. The number of hydrogen-bond acceptors (Lipinski definition) is 4. The number of piperidine rings is 1.